The maximum absolute atomic E-state index is 13.1. The van der Waals surface area contributed by atoms with Crippen molar-refractivity contribution in [2.75, 3.05) is 7.05 Å². The maximum Gasteiger partial charge on any atom is 0.269 e. The number of nitro benzene ring substituents is 1. The van der Waals surface area contributed by atoms with E-state index in [1.54, 1.807) is 26.1 Å². The monoisotopic (exact) mass is 450 g/mol. The van der Waals surface area contributed by atoms with Crippen LogP contribution in [0.2, 0.25) is 10.2 Å². The first-order valence-electron chi connectivity index (χ1n) is 8.83. The molecule has 3 aromatic rings. The standard InChI is InChI=1S/C20H17Cl2FN4O3/c1-12-18(19(22)26(24-12)10-13-3-5-15(23)6-4-13)20(28)25(2)11-14-9-16(27(29)30)7-8-17(14)21/h3-9H,10-11H2,1-2H3. The summed E-state index contributed by atoms with van der Waals surface area (Å²) in [6.45, 7) is 1.99. The minimum Gasteiger partial charge on any atom is -0.337 e. The number of non-ortho nitro benzene ring substituents is 1. The third kappa shape index (κ3) is 4.60. The summed E-state index contributed by atoms with van der Waals surface area (Å²) in [5.41, 5.74) is 1.76. The van der Waals surface area contributed by atoms with E-state index in [1.165, 1.54) is 39.9 Å². The second-order valence-electron chi connectivity index (χ2n) is 6.73. The van der Waals surface area contributed by atoms with Gasteiger partial charge in [0.05, 0.1) is 22.7 Å². The summed E-state index contributed by atoms with van der Waals surface area (Å²) in [5, 5.41) is 15.8. The Balaban J connectivity index is 1.83. The lowest BCUT2D eigenvalue weighted by molar-refractivity contribution is -0.384. The lowest BCUT2D eigenvalue weighted by atomic mass is 10.1. The number of carbonyl (C=O) groups is 1. The second-order valence-corrected chi connectivity index (χ2v) is 7.49. The topological polar surface area (TPSA) is 81.3 Å². The molecule has 10 heteroatoms. The number of nitro groups is 1. The lowest BCUT2D eigenvalue weighted by Gasteiger charge is -2.18. The summed E-state index contributed by atoms with van der Waals surface area (Å²) < 4.78 is 14.6. The molecular formula is C20H17Cl2FN4O3. The average Bonchev–Trinajstić information content (AvgIpc) is 2.97. The van der Waals surface area contributed by atoms with Crippen molar-refractivity contribution in [3.05, 3.63) is 91.0 Å². The molecule has 0 radical (unpaired) electrons. The number of halogens is 3. The zero-order valence-electron chi connectivity index (χ0n) is 16.1. The molecule has 7 nitrogen and oxygen atoms in total. The number of hydrogen-bond donors (Lipinski definition) is 0. The number of nitrogens with zero attached hydrogens (tertiary/aromatic N) is 4. The first-order chi connectivity index (χ1) is 14.2. The molecule has 0 aliphatic rings. The van der Waals surface area contributed by atoms with E-state index in [0.29, 0.717) is 16.3 Å². The molecule has 0 N–H and O–H groups in total. The minimum atomic E-state index is -0.526. The second kappa shape index (κ2) is 8.81. The summed E-state index contributed by atoms with van der Waals surface area (Å²) >= 11 is 12.5. The van der Waals surface area contributed by atoms with E-state index < -0.39 is 10.8 Å². The molecule has 0 bridgehead atoms. The summed E-state index contributed by atoms with van der Waals surface area (Å²) in [7, 11) is 1.55. The van der Waals surface area contributed by atoms with Gasteiger partial charge in [0.1, 0.15) is 11.0 Å². The van der Waals surface area contributed by atoms with E-state index in [-0.39, 0.29) is 35.3 Å². The van der Waals surface area contributed by atoms with Crippen LogP contribution < -0.4 is 0 Å². The van der Waals surface area contributed by atoms with Gasteiger partial charge in [-0.2, -0.15) is 5.10 Å². The maximum atomic E-state index is 13.1. The molecule has 156 valence electrons. The predicted molar refractivity (Wildman–Crippen MR) is 111 cm³/mol. The van der Waals surface area contributed by atoms with Gasteiger partial charge in [-0.1, -0.05) is 35.3 Å². The fourth-order valence-electron chi connectivity index (χ4n) is 2.98. The molecule has 0 saturated carbocycles. The van der Waals surface area contributed by atoms with Gasteiger partial charge in [0.25, 0.3) is 11.6 Å². The first-order valence-corrected chi connectivity index (χ1v) is 9.58. The van der Waals surface area contributed by atoms with Crippen molar-refractivity contribution in [3.8, 4) is 0 Å². The Labute approximate surface area is 181 Å². The molecule has 1 heterocycles. The highest BCUT2D eigenvalue weighted by Crippen LogP contribution is 2.26. The third-order valence-electron chi connectivity index (χ3n) is 4.52. The highest BCUT2D eigenvalue weighted by molar-refractivity contribution is 6.33. The fraction of sp³-hybridized carbons (Fsp3) is 0.200. The smallest absolute Gasteiger partial charge is 0.269 e. The average molecular weight is 451 g/mol. The van der Waals surface area contributed by atoms with Crippen molar-refractivity contribution >= 4 is 34.8 Å². The molecule has 30 heavy (non-hydrogen) atoms. The number of rotatable bonds is 6. The predicted octanol–water partition coefficient (Wildman–Crippen LogP) is 4.87. The van der Waals surface area contributed by atoms with E-state index >= 15 is 0 Å². The van der Waals surface area contributed by atoms with Crippen molar-refractivity contribution < 1.29 is 14.1 Å². The Kier molecular flexibility index (Phi) is 6.38. The Hall–Kier alpha value is -2.97. The van der Waals surface area contributed by atoms with Crippen molar-refractivity contribution in [2.24, 2.45) is 0 Å². The fourth-order valence-corrected chi connectivity index (χ4v) is 3.47. The van der Waals surface area contributed by atoms with Crippen LogP contribution in [0.5, 0.6) is 0 Å². The van der Waals surface area contributed by atoms with Crippen molar-refractivity contribution in [1.82, 2.24) is 14.7 Å². The number of benzene rings is 2. The zero-order valence-corrected chi connectivity index (χ0v) is 17.6. The third-order valence-corrected chi connectivity index (χ3v) is 5.27. The molecule has 1 amide bonds. The Morgan fingerprint density at radius 1 is 1.23 bits per heavy atom. The van der Waals surface area contributed by atoms with Crippen LogP contribution in [-0.4, -0.2) is 32.6 Å². The lowest BCUT2D eigenvalue weighted by Crippen LogP contribution is -2.27. The molecule has 2 aromatic carbocycles. The van der Waals surface area contributed by atoms with Gasteiger partial charge in [0.2, 0.25) is 0 Å². The summed E-state index contributed by atoms with van der Waals surface area (Å²) in [4.78, 5) is 24.8. The van der Waals surface area contributed by atoms with Crippen molar-refractivity contribution in [3.63, 3.8) is 0 Å². The van der Waals surface area contributed by atoms with Crippen molar-refractivity contribution in [1.29, 1.82) is 0 Å². The summed E-state index contributed by atoms with van der Waals surface area (Å²) in [5.74, 6) is -0.746. The van der Waals surface area contributed by atoms with Crippen LogP contribution in [0.1, 0.15) is 27.2 Å². The van der Waals surface area contributed by atoms with E-state index in [0.717, 1.165) is 5.56 Å². The molecule has 0 atom stereocenters. The van der Waals surface area contributed by atoms with Gasteiger partial charge in [-0.15, -0.1) is 0 Å². The Morgan fingerprint density at radius 2 is 1.90 bits per heavy atom. The highest BCUT2D eigenvalue weighted by Gasteiger charge is 2.24. The normalized spacial score (nSPS) is 10.8. The van der Waals surface area contributed by atoms with Gasteiger partial charge >= 0.3 is 0 Å². The number of aryl methyl sites for hydroxylation is 1. The van der Waals surface area contributed by atoms with Crippen LogP contribution in [0.4, 0.5) is 10.1 Å². The SMILES string of the molecule is Cc1nn(Cc2ccc(F)cc2)c(Cl)c1C(=O)N(C)Cc1cc([N+](=O)[O-])ccc1Cl. The molecule has 0 saturated heterocycles. The number of aromatic nitrogens is 2. The molecule has 0 fully saturated rings. The number of amides is 1. The zero-order chi connectivity index (χ0) is 22.0. The van der Waals surface area contributed by atoms with Crippen LogP contribution in [0, 0.1) is 22.9 Å². The number of hydrogen-bond acceptors (Lipinski definition) is 4. The van der Waals surface area contributed by atoms with Crippen LogP contribution in [-0.2, 0) is 13.1 Å². The van der Waals surface area contributed by atoms with Gasteiger partial charge in [-0.25, -0.2) is 9.07 Å². The van der Waals surface area contributed by atoms with Gasteiger partial charge < -0.3 is 4.90 Å². The Morgan fingerprint density at radius 3 is 2.53 bits per heavy atom. The molecule has 0 spiro atoms. The first kappa shape index (κ1) is 21.7. The summed E-state index contributed by atoms with van der Waals surface area (Å²) in [6, 6.07) is 9.95. The van der Waals surface area contributed by atoms with Crippen LogP contribution >= 0.6 is 23.2 Å². The van der Waals surface area contributed by atoms with Crippen LogP contribution in [0.25, 0.3) is 0 Å². The molecule has 0 aliphatic carbocycles. The molecule has 1 aromatic heterocycles. The molecule has 0 unspecified atom stereocenters. The van der Waals surface area contributed by atoms with Crippen LogP contribution in [0.3, 0.4) is 0 Å². The quantitative estimate of drug-likeness (QED) is 0.396. The minimum absolute atomic E-state index is 0.0538. The van der Waals surface area contributed by atoms with Gasteiger partial charge in [0.15, 0.2) is 0 Å². The molecular weight excluding hydrogens is 434 g/mol. The van der Waals surface area contributed by atoms with Gasteiger partial charge in [0, 0.05) is 30.7 Å². The van der Waals surface area contributed by atoms with E-state index in [4.69, 9.17) is 23.2 Å². The highest BCUT2D eigenvalue weighted by atomic mass is 35.5. The van der Waals surface area contributed by atoms with Gasteiger partial charge in [-0.3, -0.25) is 14.9 Å². The van der Waals surface area contributed by atoms with Crippen molar-refractivity contribution in [2.45, 2.75) is 20.0 Å². The van der Waals surface area contributed by atoms with E-state index in [9.17, 15) is 19.3 Å². The number of carbonyl (C=O) groups excluding carboxylic acids is 1. The largest absolute Gasteiger partial charge is 0.337 e. The van der Waals surface area contributed by atoms with E-state index in [2.05, 4.69) is 5.10 Å². The Bertz CT molecular complexity index is 1120. The van der Waals surface area contributed by atoms with E-state index in [1.807, 2.05) is 0 Å². The van der Waals surface area contributed by atoms with Crippen LogP contribution in [0.15, 0.2) is 42.5 Å². The molecule has 3 rings (SSSR count). The summed E-state index contributed by atoms with van der Waals surface area (Å²) in [6.07, 6.45) is 0. The van der Waals surface area contributed by atoms with Gasteiger partial charge in [-0.05, 0) is 36.2 Å². The molecule has 0 aliphatic heterocycles.